The zero-order valence-electron chi connectivity index (χ0n) is 19.3. The largest absolute Gasteiger partial charge is 0.312 e. The summed E-state index contributed by atoms with van der Waals surface area (Å²) in [4.78, 5) is 0. The van der Waals surface area contributed by atoms with Crippen LogP contribution in [0, 0.1) is 0 Å². The molecule has 8 rings (SSSR count). The normalized spacial score (nSPS) is 13.4. The van der Waals surface area contributed by atoms with Gasteiger partial charge in [0.2, 0.25) is 0 Å². The lowest BCUT2D eigenvalue weighted by atomic mass is 9.86. The number of fused-ring (bicyclic) bond motifs is 5. The maximum atomic E-state index is 2.54. The van der Waals surface area contributed by atoms with Crippen molar-refractivity contribution < 1.29 is 0 Å². The van der Waals surface area contributed by atoms with Gasteiger partial charge in [-0.2, -0.15) is 0 Å². The summed E-state index contributed by atoms with van der Waals surface area (Å²) in [6, 6.07) is 37.8. The van der Waals surface area contributed by atoms with E-state index in [9.17, 15) is 0 Å². The first kappa shape index (κ1) is 19.0. The number of rotatable bonds is 2. The SMILES string of the molecule is C1=Cc2c(n(-c3ccccc3)c3c4cccc5c(-c6ccccc6)cc6cccc(c23)c6c54)CC1. The summed E-state index contributed by atoms with van der Waals surface area (Å²) in [5, 5.41) is 9.49. The van der Waals surface area contributed by atoms with E-state index in [1.165, 1.54) is 71.3 Å². The molecule has 1 heterocycles. The average Bonchev–Trinajstić information content (AvgIpc) is 3.28. The van der Waals surface area contributed by atoms with Crippen molar-refractivity contribution in [3.63, 3.8) is 0 Å². The molecule has 0 spiro atoms. The molecule has 7 aromatic rings. The average molecular weight is 446 g/mol. The van der Waals surface area contributed by atoms with Crippen LogP contribution in [-0.2, 0) is 6.42 Å². The third-order valence-corrected chi connectivity index (χ3v) is 7.77. The molecule has 6 aromatic carbocycles. The van der Waals surface area contributed by atoms with Crippen molar-refractivity contribution in [2.45, 2.75) is 12.8 Å². The predicted molar refractivity (Wildman–Crippen MR) is 150 cm³/mol. The van der Waals surface area contributed by atoms with Crippen molar-refractivity contribution in [3.8, 4) is 16.8 Å². The van der Waals surface area contributed by atoms with Crippen molar-refractivity contribution in [2.24, 2.45) is 0 Å². The number of allylic oxidation sites excluding steroid dienone is 1. The van der Waals surface area contributed by atoms with E-state index < -0.39 is 0 Å². The third kappa shape index (κ3) is 2.53. The van der Waals surface area contributed by atoms with Crippen LogP contribution in [0.4, 0.5) is 0 Å². The summed E-state index contributed by atoms with van der Waals surface area (Å²) < 4.78 is 2.54. The van der Waals surface area contributed by atoms with Gasteiger partial charge in [-0.1, -0.05) is 97.1 Å². The molecule has 0 unspecified atom stereocenters. The van der Waals surface area contributed by atoms with Crippen LogP contribution in [0.1, 0.15) is 17.7 Å². The Bertz CT molecular complexity index is 1920. The molecule has 1 nitrogen and oxygen atoms in total. The lowest BCUT2D eigenvalue weighted by molar-refractivity contribution is 0.890. The zero-order chi connectivity index (χ0) is 22.9. The fourth-order valence-corrected chi connectivity index (χ4v) is 6.39. The topological polar surface area (TPSA) is 4.93 Å². The Labute approximate surface area is 203 Å². The molecule has 0 aliphatic heterocycles. The minimum Gasteiger partial charge on any atom is -0.312 e. The van der Waals surface area contributed by atoms with Crippen LogP contribution in [0.5, 0.6) is 0 Å². The first-order chi connectivity index (χ1) is 17.4. The van der Waals surface area contributed by atoms with Crippen LogP contribution in [0.15, 0.2) is 109 Å². The number of aromatic nitrogens is 1. The maximum Gasteiger partial charge on any atom is 0.0622 e. The van der Waals surface area contributed by atoms with E-state index >= 15 is 0 Å². The highest BCUT2D eigenvalue weighted by atomic mass is 15.0. The molecule has 0 fully saturated rings. The van der Waals surface area contributed by atoms with E-state index in [4.69, 9.17) is 0 Å². The second kappa shape index (κ2) is 7.07. The highest BCUT2D eigenvalue weighted by Crippen LogP contribution is 2.47. The maximum absolute atomic E-state index is 2.54. The van der Waals surface area contributed by atoms with Gasteiger partial charge in [-0.05, 0) is 63.7 Å². The molecule has 0 bridgehead atoms. The minimum atomic E-state index is 1.06. The van der Waals surface area contributed by atoms with Gasteiger partial charge in [-0.15, -0.1) is 0 Å². The molecule has 0 N–H and O–H groups in total. The smallest absolute Gasteiger partial charge is 0.0622 e. The fraction of sp³-hybridized carbons (Fsp3) is 0.0588. The monoisotopic (exact) mass is 445 g/mol. The minimum absolute atomic E-state index is 1.06. The Morgan fingerprint density at radius 3 is 2.20 bits per heavy atom. The van der Waals surface area contributed by atoms with Crippen molar-refractivity contribution >= 4 is 49.3 Å². The fourth-order valence-electron chi connectivity index (χ4n) is 6.39. The highest BCUT2D eigenvalue weighted by Gasteiger charge is 2.25. The Balaban J connectivity index is 1.67. The summed E-state index contributed by atoms with van der Waals surface area (Å²) in [5.41, 5.74) is 7.96. The first-order valence-corrected chi connectivity index (χ1v) is 12.4. The molecule has 0 saturated heterocycles. The summed E-state index contributed by atoms with van der Waals surface area (Å²) >= 11 is 0. The molecule has 1 aromatic heterocycles. The second-order valence-electron chi connectivity index (χ2n) is 9.62. The highest BCUT2D eigenvalue weighted by molar-refractivity contribution is 6.36. The Hall–Kier alpha value is -4.36. The molecule has 1 aliphatic carbocycles. The quantitative estimate of drug-likeness (QED) is 0.234. The van der Waals surface area contributed by atoms with Crippen LogP contribution in [0.3, 0.4) is 0 Å². The summed E-state index contributed by atoms with van der Waals surface area (Å²) in [6.45, 7) is 0. The van der Waals surface area contributed by atoms with Crippen LogP contribution < -0.4 is 0 Å². The molecule has 164 valence electrons. The summed E-state index contributed by atoms with van der Waals surface area (Å²) in [5.74, 6) is 0. The standard InChI is InChI=1S/C34H23N/c1-3-11-22(12-4-1)29-21-23-13-9-18-27-31(23)32-25(29)17-10-19-28(32)34-33(27)26-16-7-8-20-30(26)35(34)24-14-5-2-6-15-24/h1-7,9-19,21H,8,20H2. The zero-order valence-corrected chi connectivity index (χ0v) is 19.3. The van der Waals surface area contributed by atoms with Crippen molar-refractivity contribution in [1.82, 2.24) is 4.57 Å². The first-order valence-electron chi connectivity index (χ1n) is 12.4. The molecular formula is C34H23N. The molecular weight excluding hydrogens is 422 g/mol. The number of para-hydroxylation sites is 1. The predicted octanol–water partition coefficient (Wildman–Crippen LogP) is 9.15. The van der Waals surface area contributed by atoms with Crippen LogP contribution in [0.25, 0.3) is 66.1 Å². The number of benzene rings is 6. The van der Waals surface area contributed by atoms with Crippen LogP contribution in [-0.4, -0.2) is 4.57 Å². The molecule has 0 amide bonds. The van der Waals surface area contributed by atoms with Crippen LogP contribution >= 0.6 is 0 Å². The lowest BCUT2D eigenvalue weighted by Crippen LogP contribution is -2.03. The van der Waals surface area contributed by atoms with Crippen LogP contribution in [0.2, 0.25) is 0 Å². The van der Waals surface area contributed by atoms with E-state index in [1.54, 1.807) is 0 Å². The second-order valence-corrected chi connectivity index (χ2v) is 9.62. The summed E-state index contributed by atoms with van der Waals surface area (Å²) in [7, 11) is 0. The van der Waals surface area contributed by atoms with Crippen molar-refractivity contribution in [3.05, 3.63) is 120 Å². The van der Waals surface area contributed by atoms with Gasteiger partial charge in [0.15, 0.2) is 0 Å². The van der Waals surface area contributed by atoms with Crippen molar-refractivity contribution in [1.29, 1.82) is 0 Å². The molecule has 0 radical (unpaired) electrons. The van der Waals surface area contributed by atoms with E-state index in [1.807, 2.05) is 0 Å². The van der Waals surface area contributed by atoms with Gasteiger partial charge in [0.1, 0.15) is 0 Å². The van der Waals surface area contributed by atoms with Gasteiger partial charge in [-0.25, -0.2) is 0 Å². The molecule has 1 heteroatoms. The number of hydrogen-bond donors (Lipinski definition) is 0. The molecule has 1 aliphatic rings. The molecule has 0 atom stereocenters. The van der Waals surface area contributed by atoms with Gasteiger partial charge < -0.3 is 4.57 Å². The summed E-state index contributed by atoms with van der Waals surface area (Å²) in [6.07, 6.45) is 6.85. The van der Waals surface area contributed by atoms with E-state index in [0.29, 0.717) is 0 Å². The Morgan fingerprint density at radius 2 is 1.34 bits per heavy atom. The van der Waals surface area contributed by atoms with Gasteiger partial charge in [-0.3, -0.25) is 0 Å². The lowest BCUT2D eigenvalue weighted by Gasteiger charge is -2.18. The third-order valence-electron chi connectivity index (χ3n) is 7.77. The van der Waals surface area contributed by atoms with Gasteiger partial charge in [0.05, 0.1) is 5.52 Å². The van der Waals surface area contributed by atoms with Gasteiger partial charge in [0, 0.05) is 33.1 Å². The van der Waals surface area contributed by atoms with E-state index in [0.717, 1.165) is 12.8 Å². The molecule has 0 saturated carbocycles. The van der Waals surface area contributed by atoms with E-state index in [2.05, 4.69) is 120 Å². The van der Waals surface area contributed by atoms with Gasteiger partial charge >= 0.3 is 0 Å². The van der Waals surface area contributed by atoms with E-state index in [-0.39, 0.29) is 0 Å². The number of hydrogen-bond acceptors (Lipinski definition) is 0. The molecule has 35 heavy (non-hydrogen) atoms. The Morgan fingerprint density at radius 1 is 0.600 bits per heavy atom. The van der Waals surface area contributed by atoms with Gasteiger partial charge in [0.25, 0.3) is 0 Å². The Kier molecular flexibility index (Phi) is 3.84. The van der Waals surface area contributed by atoms with Crippen molar-refractivity contribution in [2.75, 3.05) is 0 Å². The number of nitrogens with zero attached hydrogens (tertiary/aromatic N) is 1.